The summed E-state index contributed by atoms with van der Waals surface area (Å²) >= 11 is 0. The van der Waals surface area contributed by atoms with Crippen LogP contribution in [0.3, 0.4) is 0 Å². The van der Waals surface area contributed by atoms with Gasteiger partial charge in [0.25, 0.3) is 5.56 Å². The molecule has 7 nitrogen and oxygen atoms in total. The Kier molecular flexibility index (Phi) is 8.51. The van der Waals surface area contributed by atoms with Gasteiger partial charge in [0, 0.05) is 30.1 Å². The van der Waals surface area contributed by atoms with Crippen LogP contribution in [0.2, 0.25) is 0 Å². The number of carbonyl (C=O) groups is 1. The molecule has 1 unspecified atom stereocenters. The highest BCUT2D eigenvalue weighted by molar-refractivity contribution is 7.91. The number of aromatic nitrogens is 1. The minimum atomic E-state index is -3.71. The first-order valence-corrected chi connectivity index (χ1v) is 12.8. The van der Waals surface area contributed by atoms with E-state index in [0.717, 1.165) is 12.8 Å². The molecule has 1 atom stereocenters. The largest absolute Gasteiger partial charge is 0.444 e. The lowest BCUT2D eigenvalue weighted by Crippen LogP contribution is -2.42. The van der Waals surface area contributed by atoms with E-state index in [9.17, 15) is 18.0 Å². The summed E-state index contributed by atoms with van der Waals surface area (Å²) in [4.78, 5) is 29.3. The van der Waals surface area contributed by atoms with Crippen molar-refractivity contribution in [2.45, 2.75) is 64.9 Å². The number of fused-ring (bicyclic) bond motifs is 1. The van der Waals surface area contributed by atoms with Gasteiger partial charge in [-0.1, -0.05) is 33.3 Å². The standard InChI is InChI=1S/C24H36N2O5S/c1-7-8-14-26(23(28)31-24(4,5)6)15-18(17(2)3)16-32(29,30)21-11-9-10-20-19(21)12-13-25-22(20)27/h9-13,17-18H,7-8,14-16H2,1-6H3,(H,25,27). The molecular formula is C24H36N2O5S. The van der Waals surface area contributed by atoms with Crippen LogP contribution >= 0.6 is 0 Å². The van der Waals surface area contributed by atoms with Crippen molar-refractivity contribution < 1.29 is 17.9 Å². The first-order chi connectivity index (χ1) is 14.9. The topological polar surface area (TPSA) is 96.5 Å². The zero-order chi connectivity index (χ0) is 24.1. The van der Waals surface area contributed by atoms with Crippen molar-refractivity contribution in [2.75, 3.05) is 18.8 Å². The van der Waals surface area contributed by atoms with Gasteiger partial charge in [-0.05, 0) is 57.2 Å². The van der Waals surface area contributed by atoms with Crippen LogP contribution < -0.4 is 5.56 Å². The van der Waals surface area contributed by atoms with Crippen molar-refractivity contribution >= 4 is 26.7 Å². The number of hydrogen-bond acceptors (Lipinski definition) is 5. The van der Waals surface area contributed by atoms with E-state index >= 15 is 0 Å². The Bertz CT molecular complexity index is 1080. The molecule has 1 aromatic heterocycles. The van der Waals surface area contributed by atoms with Crippen LogP contribution in [0.15, 0.2) is 40.2 Å². The van der Waals surface area contributed by atoms with Gasteiger partial charge < -0.3 is 14.6 Å². The number of carbonyl (C=O) groups excluding carboxylic acids is 1. The first-order valence-electron chi connectivity index (χ1n) is 11.2. The van der Waals surface area contributed by atoms with Gasteiger partial charge in [-0.15, -0.1) is 0 Å². The maximum atomic E-state index is 13.4. The average Bonchev–Trinajstić information content (AvgIpc) is 2.68. The lowest BCUT2D eigenvalue weighted by atomic mass is 9.97. The summed E-state index contributed by atoms with van der Waals surface area (Å²) in [5.41, 5.74) is -0.952. The van der Waals surface area contributed by atoms with Gasteiger partial charge in [-0.2, -0.15) is 0 Å². The Morgan fingerprint density at radius 3 is 2.44 bits per heavy atom. The van der Waals surface area contributed by atoms with E-state index in [4.69, 9.17) is 4.74 Å². The summed E-state index contributed by atoms with van der Waals surface area (Å²) in [6.45, 7) is 12.2. The number of amides is 1. The third-order valence-corrected chi connectivity index (χ3v) is 7.27. The van der Waals surface area contributed by atoms with E-state index in [-0.39, 0.29) is 34.6 Å². The Labute approximate surface area is 191 Å². The van der Waals surface area contributed by atoms with E-state index in [1.165, 1.54) is 12.3 Å². The molecule has 1 amide bonds. The lowest BCUT2D eigenvalue weighted by Gasteiger charge is -2.31. The lowest BCUT2D eigenvalue weighted by molar-refractivity contribution is 0.0210. The van der Waals surface area contributed by atoms with E-state index in [0.29, 0.717) is 17.3 Å². The number of nitrogens with zero attached hydrogens (tertiary/aromatic N) is 1. The van der Waals surface area contributed by atoms with Crippen molar-refractivity contribution in [3.05, 3.63) is 40.8 Å². The number of pyridine rings is 1. The number of sulfone groups is 1. The predicted molar refractivity (Wildman–Crippen MR) is 128 cm³/mol. The molecule has 178 valence electrons. The monoisotopic (exact) mass is 464 g/mol. The number of ether oxygens (including phenoxy) is 1. The molecule has 0 saturated heterocycles. The number of nitrogens with one attached hydrogen (secondary N) is 1. The fourth-order valence-electron chi connectivity index (χ4n) is 3.51. The van der Waals surface area contributed by atoms with E-state index in [1.807, 2.05) is 41.5 Å². The highest BCUT2D eigenvalue weighted by atomic mass is 32.2. The molecule has 0 aliphatic carbocycles. The molecule has 8 heteroatoms. The third kappa shape index (κ3) is 6.82. The van der Waals surface area contributed by atoms with Crippen molar-refractivity contribution in [2.24, 2.45) is 11.8 Å². The smallest absolute Gasteiger partial charge is 0.410 e. The summed E-state index contributed by atoms with van der Waals surface area (Å²) < 4.78 is 32.4. The molecule has 0 spiro atoms. The second kappa shape index (κ2) is 10.5. The SMILES string of the molecule is CCCCN(CC(CS(=O)(=O)c1cccc2c(=O)[nH]ccc12)C(C)C)C(=O)OC(C)(C)C. The van der Waals surface area contributed by atoms with E-state index in [2.05, 4.69) is 4.98 Å². The average molecular weight is 465 g/mol. The Morgan fingerprint density at radius 2 is 1.84 bits per heavy atom. The summed E-state index contributed by atoms with van der Waals surface area (Å²) in [6.07, 6.45) is 2.75. The van der Waals surface area contributed by atoms with E-state index in [1.54, 1.807) is 23.1 Å². The van der Waals surface area contributed by atoms with Crippen LogP contribution in [-0.4, -0.2) is 48.8 Å². The van der Waals surface area contributed by atoms with Gasteiger partial charge in [-0.3, -0.25) is 4.79 Å². The summed E-state index contributed by atoms with van der Waals surface area (Å²) in [7, 11) is -3.71. The van der Waals surface area contributed by atoms with Crippen LogP contribution in [0.1, 0.15) is 54.4 Å². The molecule has 0 saturated carbocycles. The van der Waals surface area contributed by atoms with Crippen molar-refractivity contribution in [1.82, 2.24) is 9.88 Å². The minimum absolute atomic E-state index is 0.0229. The maximum Gasteiger partial charge on any atom is 0.410 e. The highest BCUT2D eigenvalue weighted by Gasteiger charge is 2.30. The molecule has 2 aromatic rings. The third-order valence-electron chi connectivity index (χ3n) is 5.37. The summed E-state index contributed by atoms with van der Waals surface area (Å²) in [5.74, 6) is -0.390. The van der Waals surface area contributed by atoms with Crippen LogP contribution in [0.25, 0.3) is 10.8 Å². The van der Waals surface area contributed by atoms with Crippen LogP contribution in [0.4, 0.5) is 4.79 Å². The number of benzene rings is 1. The van der Waals surface area contributed by atoms with Gasteiger partial charge in [0.15, 0.2) is 9.84 Å². The van der Waals surface area contributed by atoms with Gasteiger partial charge in [-0.25, -0.2) is 13.2 Å². The second-order valence-electron chi connectivity index (χ2n) is 9.59. The quantitative estimate of drug-likeness (QED) is 0.584. The summed E-state index contributed by atoms with van der Waals surface area (Å²) in [6, 6.07) is 6.35. The first kappa shape index (κ1) is 25.9. The molecular weight excluding hydrogens is 428 g/mol. The molecule has 0 bridgehead atoms. The fourth-order valence-corrected chi connectivity index (χ4v) is 5.54. The van der Waals surface area contributed by atoms with E-state index < -0.39 is 21.5 Å². The van der Waals surface area contributed by atoms with Crippen molar-refractivity contribution in [3.63, 3.8) is 0 Å². The second-order valence-corrected chi connectivity index (χ2v) is 11.6. The Morgan fingerprint density at radius 1 is 1.16 bits per heavy atom. The zero-order valence-corrected chi connectivity index (χ0v) is 20.8. The molecule has 32 heavy (non-hydrogen) atoms. The Hall–Kier alpha value is -2.35. The number of aromatic amines is 1. The molecule has 2 rings (SSSR count). The highest BCUT2D eigenvalue weighted by Crippen LogP contribution is 2.26. The molecule has 0 aliphatic rings. The molecule has 0 radical (unpaired) electrons. The number of hydrogen-bond donors (Lipinski definition) is 1. The Balaban J connectivity index is 2.34. The normalized spacial score (nSPS) is 13.3. The molecule has 0 fully saturated rings. The number of unbranched alkanes of at least 4 members (excludes halogenated alkanes) is 1. The number of rotatable bonds is 9. The van der Waals surface area contributed by atoms with Gasteiger partial charge in [0.05, 0.1) is 10.6 Å². The number of H-pyrrole nitrogens is 1. The minimum Gasteiger partial charge on any atom is -0.444 e. The van der Waals surface area contributed by atoms with Gasteiger partial charge >= 0.3 is 6.09 Å². The van der Waals surface area contributed by atoms with Crippen LogP contribution in [0.5, 0.6) is 0 Å². The van der Waals surface area contributed by atoms with Crippen LogP contribution in [-0.2, 0) is 14.6 Å². The molecule has 0 aliphatic heterocycles. The van der Waals surface area contributed by atoms with Gasteiger partial charge in [0.2, 0.25) is 0 Å². The zero-order valence-electron chi connectivity index (χ0n) is 20.0. The van der Waals surface area contributed by atoms with Gasteiger partial charge in [0.1, 0.15) is 5.60 Å². The maximum absolute atomic E-state index is 13.4. The molecule has 1 N–H and O–H groups in total. The molecule has 1 heterocycles. The van der Waals surface area contributed by atoms with Crippen molar-refractivity contribution in [1.29, 1.82) is 0 Å². The predicted octanol–water partition coefficient (Wildman–Crippen LogP) is 4.61. The van der Waals surface area contributed by atoms with Crippen LogP contribution in [0, 0.1) is 11.8 Å². The summed E-state index contributed by atoms with van der Waals surface area (Å²) in [5, 5.41) is 0.752. The molecule has 1 aromatic carbocycles. The van der Waals surface area contributed by atoms with Crippen molar-refractivity contribution in [3.8, 4) is 0 Å². The fraction of sp³-hybridized carbons (Fsp3) is 0.583.